The van der Waals surface area contributed by atoms with Gasteiger partial charge in [0, 0.05) is 5.39 Å². The number of hydrogen-bond acceptors (Lipinski definition) is 4. The van der Waals surface area contributed by atoms with Gasteiger partial charge in [0.1, 0.15) is 23.5 Å². The molecule has 2 heterocycles. The molecule has 5 nitrogen and oxygen atoms in total. The molecule has 126 valence electrons. The molecule has 3 N–H and O–H groups in total. The average molecular weight is 381 g/mol. The SMILES string of the molecule is CCc1c(Cl)n([C@@H]2O[C@H](CO)C(O)[C@@H]2O)c2cc(Cl)c(Cl)cc12. The highest BCUT2D eigenvalue weighted by atomic mass is 35.5. The molecule has 1 aliphatic rings. The van der Waals surface area contributed by atoms with Crippen LogP contribution in [0.25, 0.3) is 10.9 Å². The number of rotatable bonds is 3. The number of hydrogen-bond donors (Lipinski definition) is 3. The Morgan fingerprint density at radius 3 is 2.35 bits per heavy atom. The summed E-state index contributed by atoms with van der Waals surface area (Å²) in [5.41, 5.74) is 1.49. The Bertz CT molecular complexity index is 748. The van der Waals surface area contributed by atoms with Gasteiger partial charge in [-0.1, -0.05) is 41.7 Å². The minimum Gasteiger partial charge on any atom is -0.394 e. The van der Waals surface area contributed by atoms with Crippen molar-refractivity contribution in [3.8, 4) is 0 Å². The van der Waals surface area contributed by atoms with Crippen LogP contribution in [0.2, 0.25) is 15.2 Å². The number of aromatic nitrogens is 1. The standard InChI is InChI=1S/C15H16Cl3NO4/c1-2-6-7-3-8(16)9(17)4-10(7)19(14(6)18)15-13(22)12(21)11(5-20)23-15/h3-4,11-13,15,20-22H,2,5H2,1H3/t11-,12?,13+,15-/m1/s1. The van der Waals surface area contributed by atoms with Crippen LogP contribution in [0.4, 0.5) is 0 Å². The topological polar surface area (TPSA) is 74.9 Å². The maximum absolute atomic E-state index is 10.3. The summed E-state index contributed by atoms with van der Waals surface area (Å²) in [6.45, 7) is 1.55. The van der Waals surface area contributed by atoms with Crippen molar-refractivity contribution < 1.29 is 20.1 Å². The van der Waals surface area contributed by atoms with E-state index in [2.05, 4.69) is 0 Å². The molecule has 0 bridgehead atoms. The van der Waals surface area contributed by atoms with E-state index < -0.39 is 31.1 Å². The van der Waals surface area contributed by atoms with Gasteiger partial charge in [0.25, 0.3) is 0 Å². The number of halogens is 3. The Hall–Kier alpha value is -0.530. The first-order valence-electron chi connectivity index (χ1n) is 7.20. The highest BCUT2D eigenvalue weighted by Crippen LogP contribution is 2.41. The van der Waals surface area contributed by atoms with Gasteiger partial charge in [-0.3, -0.25) is 0 Å². The molecular formula is C15H16Cl3NO4. The minimum absolute atomic E-state index is 0.351. The predicted octanol–water partition coefficient (Wildman–Crippen LogP) is 2.78. The molecule has 1 saturated heterocycles. The minimum atomic E-state index is -1.22. The summed E-state index contributed by atoms with van der Waals surface area (Å²) in [5.74, 6) is 0. The van der Waals surface area contributed by atoms with Crippen molar-refractivity contribution in [3.05, 3.63) is 32.9 Å². The van der Waals surface area contributed by atoms with Crippen molar-refractivity contribution >= 4 is 45.7 Å². The number of ether oxygens (including phenoxy) is 1. The molecule has 1 aliphatic heterocycles. The van der Waals surface area contributed by atoms with Gasteiger partial charge in [-0.25, -0.2) is 0 Å². The lowest BCUT2D eigenvalue weighted by Crippen LogP contribution is -2.33. The molecule has 4 atom stereocenters. The second kappa shape index (κ2) is 6.41. The van der Waals surface area contributed by atoms with Crippen LogP contribution >= 0.6 is 34.8 Å². The summed E-state index contributed by atoms with van der Waals surface area (Å²) < 4.78 is 7.18. The molecular weight excluding hydrogens is 365 g/mol. The molecule has 1 fully saturated rings. The lowest BCUT2D eigenvalue weighted by Gasteiger charge is -2.19. The summed E-state index contributed by atoms with van der Waals surface area (Å²) in [7, 11) is 0. The smallest absolute Gasteiger partial charge is 0.164 e. The lowest BCUT2D eigenvalue weighted by molar-refractivity contribution is -0.0505. The fourth-order valence-corrected chi connectivity index (χ4v) is 3.76. The van der Waals surface area contributed by atoms with Gasteiger partial charge >= 0.3 is 0 Å². The number of fused-ring (bicyclic) bond motifs is 1. The van der Waals surface area contributed by atoms with Crippen LogP contribution in [0.5, 0.6) is 0 Å². The van der Waals surface area contributed by atoms with E-state index in [-0.39, 0.29) is 0 Å². The van der Waals surface area contributed by atoms with E-state index in [4.69, 9.17) is 39.5 Å². The summed E-state index contributed by atoms with van der Waals surface area (Å²) in [6, 6.07) is 3.38. The molecule has 2 aromatic rings. The van der Waals surface area contributed by atoms with E-state index >= 15 is 0 Å². The zero-order valence-electron chi connectivity index (χ0n) is 12.2. The molecule has 23 heavy (non-hydrogen) atoms. The molecule has 0 saturated carbocycles. The maximum atomic E-state index is 10.3. The lowest BCUT2D eigenvalue weighted by atomic mass is 10.1. The number of nitrogens with zero attached hydrogens (tertiary/aromatic N) is 1. The largest absolute Gasteiger partial charge is 0.394 e. The van der Waals surface area contributed by atoms with Gasteiger partial charge in [0.2, 0.25) is 0 Å². The van der Waals surface area contributed by atoms with Crippen LogP contribution in [-0.2, 0) is 11.2 Å². The Morgan fingerprint density at radius 2 is 1.78 bits per heavy atom. The fraction of sp³-hybridized carbons (Fsp3) is 0.467. The number of aliphatic hydroxyl groups excluding tert-OH is 3. The fourth-order valence-electron chi connectivity index (χ4n) is 3.02. The van der Waals surface area contributed by atoms with Gasteiger partial charge in [0.05, 0.1) is 22.2 Å². The number of aliphatic hydroxyl groups is 3. The zero-order chi connectivity index (χ0) is 16.9. The van der Waals surface area contributed by atoms with Crippen molar-refractivity contribution in [2.24, 2.45) is 0 Å². The third-order valence-electron chi connectivity index (χ3n) is 4.21. The monoisotopic (exact) mass is 379 g/mol. The first-order valence-corrected chi connectivity index (χ1v) is 8.33. The maximum Gasteiger partial charge on any atom is 0.164 e. The average Bonchev–Trinajstić information content (AvgIpc) is 2.94. The summed E-state index contributed by atoms with van der Waals surface area (Å²) in [6.07, 6.45) is -3.58. The second-order valence-electron chi connectivity index (χ2n) is 5.51. The summed E-state index contributed by atoms with van der Waals surface area (Å²) in [5, 5.41) is 31.5. The van der Waals surface area contributed by atoms with Crippen LogP contribution in [0.15, 0.2) is 12.1 Å². The Morgan fingerprint density at radius 1 is 1.13 bits per heavy atom. The third kappa shape index (κ3) is 2.65. The van der Waals surface area contributed by atoms with E-state index in [0.29, 0.717) is 27.1 Å². The van der Waals surface area contributed by atoms with Crippen LogP contribution < -0.4 is 0 Å². The van der Waals surface area contributed by atoms with Gasteiger partial charge in [-0.2, -0.15) is 0 Å². The van der Waals surface area contributed by atoms with Gasteiger partial charge in [-0.15, -0.1) is 0 Å². The molecule has 1 unspecified atom stereocenters. The van der Waals surface area contributed by atoms with Gasteiger partial charge < -0.3 is 24.6 Å². The van der Waals surface area contributed by atoms with Crippen LogP contribution in [0, 0.1) is 0 Å². The Labute approximate surface area is 147 Å². The van der Waals surface area contributed by atoms with Crippen molar-refractivity contribution in [1.29, 1.82) is 0 Å². The van der Waals surface area contributed by atoms with E-state index in [0.717, 1.165) is 10.9 Å². The molecule has 1 aromatic heterocycles. The van der Waals surface area contributed by atoms with Gasteiger partial charge in [-0.05, 0) is 24.1 Å². The first-order chi connectivity index (χ1) is 10.9. The molecule has 0 spiro atoms. The molecule has 0 amide bonds. The summed E-state index contributed by atoms with van der Waals surface area (Å²) >= 11 is 18.7. The quantitative estimate of drug-likeness (QED) is 0.765. The molecule has 8 heteroatoms. The van der Waals surface area contributed by atoms with Gasteiger partial charge in [0.15, 0.2) is 6.23 Å². The Kier molecular flexibility index (Phi) is 4.82. The third-order valence-corrected chi connectivity index (χ3v) is 5.34. The Balaban J connectivity index is 2.21. The number of aryl methyl sites for hydroxylation is 1. The van der Waals surface area contributed by atoms with Crippen LogP contribution in [-0.4, -0.2) is 44.8 Å². The normalized spacial score (nSPS) is 28.0. The van der Waals surface area contributed by atoms with E-state index in [1.807, 2.05) is 6.92 Å². The molecule has 0 radical (unpaired) electrons. The van der Waals surface area contributed by atoms with E-state index in [1.54, 1.807) is 16.7 Å². The predicted molar refractivity (Wildman–Crippen MR) is 89.4 cm³/mol. The van der Waals surface area contributed by atoms with Crippen molar-refractivity contribution in [2.45, 2.75) is 37.9 Å². The zero-order valence-corrected chi connectivity index (χ0v) is 14.5. The number of benzene rings is 1. The van der Waals surface area contributed by atoms with E-state index in [1.165, 1.54) is 0 Å². The van der Waals surface area contributed by atoms with Crippen molar-refractivity contribution in [3.63, 3.8) is 0 Å². The highest BCUT2D eigenvalue weighted by molar-refractivity contribution is 6.43. The second-order valence-corrected chi connectivity index (χ2v) is 6.68. The molecule has 0 aliphatic carbocycles. The van der Waals surface area contributed by atoms with E-state index in [9.17, 15) is 15.3 Å². The highest BCUT2D eigenvalue weighted by Gasteiger charge is 2.44. The van der Waals surface area contributed by atoms with Crippen LogP contribution in [0.3, 0.4) is 0 Å². The van der Waals surface area contributed by atoms with Crippen molar-refractivity contribution in [1.82, 2.24) is 4.57 Å². The summed E-state index contributed by atoms with van der Waals surface area (Å²) in [4.78, 5) is 0. The molecule has 1 aromatic carbocycles. The van der Waals surface area contributed by atoms with Crippen LogP contribution in [0.1, 0.15) is 18.7 Å². The first kappa shape index (κ1) is 17.3. The van der Waals surface area contributed by atoms with Crippen molar-refractivity contribution in [2.75, 3.05) is 6.61 Å². The molecule has 3 rings (SSSR count).